The van der Waals surface area contributed by atoms with Crippen LogP contribution in [-0.4, -0.2) is 23.7 Å². The first kappa shape index (κ1) is 9.19. The Morgan fingerprint density at radius 1 is 1.80 bits per heavy atom. The molecule has 5 heteroatoms. The van der Waals surface area contributed by atoms with Gasteiger partial charge in [-0.05, 0) is 13.3 Å². The number of rotatable bonds is 3. The van der Waals surface area contributed by atoms with Crippen LogP contribution in [0, 0.1) is 0 Å². The predicted molar refractivity (Wildman–Crippen MR) is 40.1 cm³/mol. The second kappa shape index (κ2) is 5.01. The minimum absolute atomic E-state index is 0.195. The van der Waals surface area contributed by atoms with Gasteiger partial charge in [-0.25, -0.2) is 5.84 Å². The number of hydrogen-bond donors (Lipinski definition) is 4. The van der Waals surface area contributed by atoms with Crippen molar-refractivity contribution >= 4 is 5.96 Å². The molecule has 10 heavy (non-hydrogen) atoms. The number of aliphatic hydroxyl groups excluding tert-OH is 1. The molecule has 0 aliphatic carbocycles. The second-order valence-electron chi connectivity index (χ2n) is 2.05. The Morgan fingerprint density at radius 2 is 2.40 bits per heavy atom. The Kier molecular flexibility index (Phi) is 4.61. The van der Waals surface area contributed by atoms with Crippen LogP contribution in [-0.2, 0) is 0 Å². The fourth-order valence-corrected chi connectivity index (χ4v) is 0.417. The molecule has 0 amide bonds. The second-order valence-corrected chi connectivity index (χ2v) is 2.05. The molecule has 0 aromatic heterocycles. The lowest BCUT2D eigenvalue weighted by Gasteiger charge is -2.00. The quantitative estimate of drug-likeness (QED) is 0.169. The third-order valence-corrected chi connectivity index (χ3v) is 0.977. The van der Waals surface area contributed by atoms with Gasteiger partial charge in [-0.1, -0.05) is 0 Å². The fourth-order valence-electron chi connectivity index (χ4n) is 0.417. The van der Waals surface area contributed by atoms with Gasteiger partial charge in [-0.2, -0.15) is 0 Å². The van der Waals surface area contributed by atoms with E-state index in [0.717, 1.165) is 0 Å². The lowest BCUT2D eigenvalue weighted by molar-refractivity contribution is 0.187. The molecule has 0 radical (unpaired) electrons. The number of aliphatic imine (C=N–C) groups is 1. The summed E-state index contributed by atoms with van der Waals surface area (Å²) in [5.74, 6) is 5.12. The van der Waals surface area contributed by atoms with E-state index in [0.29, 0.717) is 13.0 Å². The molecular formula is C5H14N4O. The molecule has 1 unspecified atom stereocenters. The molecule has 0 heterocycles. The summed E-state index contributed by atoms with van der Waals surface area (Å²) in [5.41, 5.74) is 7.38. The predicted octanol–water partition coefficient (Wildman–Crippen LogP) is -1.46. The Labute approximate surface area is 60.1 Å². The van der Waals surface area contributed by atoms with Crippen LogP contribution in [0.1, 0.15) is 13.3 Å². The summed E-state index contributed by atoms with van der Waals surface area (Å²) < 4.78 is 0. The number of guanidine groups is 1. The van der Waals surface area contributed by atoms with Gasteiger partial charge >= 0.3 is 0 Å². The number of hydrazine groups is 1. The highest BCUT2D eigenvalue weighted by atomic mass is 16.3. The molecule has 0 saturated carbocycles. The fraction of sp³-hybridized carbons (Fsp3) is 0.800. The van der Waals surface area contributed by atoms with Gasteiger partial charge in [-0.15, -0.1) is 0 Å². The third kappa shape index (κ3) is 5.33. The Morgan fingerprint density at radius 3 is 2.80 bits per heavy atom. The van der Waals surface area contributed by atoms with Gasteiger partial charge in [-0.3, -0.25) is 10.4 Å². The number of aliphatic hydroxyl groups is 1. The molecule has 60 valence electrons. The van der Waals surface area contributed by atoms with Crippen molar-refractivity contribution in [1.82, 2.24) is 5.43 Å². The van der Waals surface area contributed by atoms with Gasteiger partial charge in [0.25, 0.3) is 0 Å². The maximum Gasteiger partial charge on any atom is 0.203 e. The molecule has 0 aliphatic heterocycles. The topological polar surface area (TPSA) is 96.7 Å². The minimum atomic E-state index is -0.339. The van der Waals surface area contributed by atoms with E-state index in [4.69, 9.17) is 16.7 Å². The van der Waals surface area contributed by atoms with E-state index in [9.17, 15) is 0 Å². The first-order chi connectivity index (χ1) is 4.66. The maximum absolute atomic E-state index is 8.78. The van der Waals surface area contributed by atoms with Crippen molar-refractivity contribution < 1.29 is 5.11 Å². The van der Waals surface area contributed by atoms with Crippen LogP contribution >= 0.6 is 0 Å². The Balaban J connectivity index is 3.34. The van der Waals surface area contributed by atoms with E-state index in [2.05, 4.69) is 10.4 Å². The van der Waals surface area contributed by atoms with E-state index in [1.54, 1.807) is 6.92 Å². The molecule has 0 fully saturated rings. The SMILES string of the molecule is CC(O)CCN=C(N)NN. The van der Waals surface area contributed by atoms with Crippen LogP contribution in [0.15, 0.2) is 4.99 Å². The van der Waals surface area contributed by atoms with Crippen molar-refractivity contribution in [2.75, 3.05) is 6.54 Å². The summed E-state index contributed by atoms with van der Waals surface area (Å²) >= 11 is 0. The van der Waals surface area contributed by atoms with Gasteiger partial charge in [0.2, 0.25) is 5.96 Å². The molecule has 0 bridgehead atoms. The molecule has 0 rings (SSSR count). The molecular weight excluding hydrogens is 132 g/mol. The van der Waals surface area contributed by atoms with E-state index in [1.807, 2.05) is 0 Å². The van der Waals surface area contributed by atoms with Gasteiger partial charge in [0.1, 0.15) is 0 Å². The van der Waals surface area contributed by atoms with E-state index in [-0.39, 0.29) is 12.1 Å². The van der Waals surface area contributed by atoms with Gasteiger partial charge in [0.15, 0.2) is 0 Å². The molecule has 0 spiro atoms. The maximum atomic E-state index is 8.78. The van der Waals surface area contributed by atoms with Crippen LogP contribution in [0.4, 0.5) is 0 Å². The third-order valence-electron chi connectivity index (χ3n) is 0.977. The largest absolute Gasteiger partial charge is 0.393 e. The average Bonchev–Trinajstić information content (AvgIpc) is 1.87. The molecule has 6 N–H and O–H groups in total. The smallest absolute Gasteiger partial charge is 0.203 e. The van der Waals surface area contributed by atoms with Gasteiger partial charge in [0.05, 0.1) is 6.10 Å². The molecule has 1 atom stereocenters. The minimum Gasteiger partial charge on any atom is -0.393 e. The van der Waals surface area contributed by atoms with Crippen molar-refractivity contribution in [3.8, 4) is 0 Å². The Bertz CT molecular complexity index is 112. The van der Waals surface area contributed by atoms with Crippen LogP contribution in [0.2, 0.25) is 0 Å². The average molecular weight is 146 g/mol. The standard InChI is InChI=1S/C5H14N4O/c1-4(10)2-3-8-5(6)9-7/h4,10H,2-3,7H2,1H3,(H3,6,8,9). The number of nitrogens with zero attached hydrogens (tertiary/aromatic N) is 1. The summed E-state index contributed by atoms with van der Waals surface area (Å²) in [6, 6.07) is 0. The zero-order valence-electron chi connectivity index (χ0n) is 6.04. The lowest BCUT2D eigenvalue weighted by atomic mass is 10.3. The highest BCUT2D eigenvalue weighted by molar-refractivity contribution is 5.76. The summed E-state index contributed by atoms with van der Waals surface area (Å²) in [6.45, 7) is 2.19. The van der Waals surface area contributed by atoms with Gasteiger partial charge in [0, 0.05) is 6.54 Å². The van der Waals surface area contributed by atoms with Crippen molar-refractivity contribution in [3.05, 3.63) is 0 Å². The summed E-state index contributed by atoms with van der Waals surface area (Å²) in [6.07, 6.45) is 0.261. The lowest BCUT2D eigenvalue weighted by Crippen LogP contribution is -2.37. The van der Waals surface area contributed by atoms with E-state index in [1.165, 1.54) is 0 Å². The molecule has 0 aromatic rings. The number of nitrogens with one attached hydrogen (secondary N) is 1. The normalized spacial score (nSPS) is 14.9. The summed E-state index contributed by atoms with van der Waals surface area (Å²) in [5, 5.41) is 8.78. The Hall–Kier alpha value is -0.810. The first-order valence-corrected chi connectivity index (χ1v) is 3.11. The van der Waals surface area contributed by atoms with Gasteiger partial charge < -0.3 is 10.8 Å². The number of nitrogens with two attached hydrogens (primary N) is 2. The highest BCUT2D eigenvalue weighted by Gasteiger charge is 1.92. The van der Waals surface area contributed by atoms with Crippen LogP contribution in [0.3, 0.4) is 0 Å². The summed E-state index contributed by atoms with van der Waals surface area (Å²) in [4.78, 5) is 3.78. The van der Waals surface area contributed by atoms with E-state index >= 15 is 0 Å². The zero-order valence-corrected chi connectivity index (χ0v) is 6.04. The molecule has 0 aliphatic rings. The summed E-state index contributed by atoms with van der Waals surface area (Å²) in [7, 11) is 0. The van der Waals surface area contributed by atoms with Crippen molar-refractivity contribution in [1.29, 1.82) is 0 Å². The van der Waals surface area contributed by atoms with E-state index < -0.39 is 0 Å². The van der Waals surface area contributed by atoms with Crippen LogP contribution < -0.4 is 17.0 Å². The van der Waals surface area contributed by atoms with Crippen LogP contribution in [0.25, 0.3) is 0 Å². The van der Waals surface area contributed by atoms with Crippen molar-refractivity contribution in [2.24, 2.45) is 16.6 Å². The molecule has 0 aromatic carbocycles. The molecule has 0 saturated heterocycles. The first-order valence-electron chi connectivity index (χ1n) is 3.11. The van der Waals surface area contributed by atoms with Crippen molar-refractivity contribution in [3.63, 3.8) is 0 Å². The highest BCUT2D eigenvalue weighted by Crippen LogP contribution is 1.87. The molecule has 5 nitrogen and oxygen atoms in total. The zero-order chi connectivity index (χ0) is 7.98. The number of hydrogen-bond acceptors (Lipinski definition) is 3. The van der Waals surface area contributed by atoms with Crippen LogP contribution in [0.5, 0.6) is 0 Å². The van der Waals surface area contributed by atoms with Crippen molar-refractivity contribution in [2.45, 2.75) is 19.4 Å². The monoisotopic (exact) mass is 146 g/mol.